The van der Waals surface area contributed by atoms with Gasteiger partial charge in [0.05, 0.1) is 0 Å². The van der Waals surface area contributed by atoms with E-state index in [1.165, 1.54) is 18.4 Å². The Morgan fingerprint density at radius 3 is 3.00 bits per heavy atom. The van der Waals surface area contributed by atoms with Crippen molar-refractivity contribution in [3.05, 3.63) is 22.4 Å². The van der Waals surface area contributed by atoms with Crippen LogP contribution < -0.4 is 5.32 Å². The highest BCUT2D eigenvalue weighted by molar-refractivity contribution is 7.07. The van der Waals surface area contributed by atoms with Gasteiger partial charge in [0.25, 0.3) is 0 Å². The second-order valence-corrected chi connectivity index (χ2v) is 3.91. The maximum atomic E-state index is 3.41. The molecule has 2 heteroatoms. The van der Waals surface area contributed by atoms with Gasteiger partial charge in [-0.05, 0) is 48.7 Å². The van der Waals surface area contributed by atoms with Gasteiger partial charge in [-0.1, -0.05) is 6.92 Å². The molecule has 1 heterocycles. The summed E-state index contributed by atoms with van der Waals surface area (Å²) in [5.41, 5.74) is 1.48. The first kappa shape index (κ1) is 9.75. The van der Waals surface area contributed by atoms with Crippen molar-refractivity contribution in [1.82, 2.24) is 5.32 Å². The van der Waals surface area contributed by atoms with E-state index in [1.54, 1.807) is 11.3 Å². The summed E-state index contributed by atoms with van der Waals surface area (Å²) in [6.07, 6.45) is 2.45. The first-order chi connectivity index (χ1) is 5.83. The molecule has 0 saturated carbocycles. The van der Waals surface area contributed by atoms with Crippen molar-refractivity contribution in [1.29, 1.82) is 0 Å². The van der Waals surface area contributed by atoms with Crippen LogP contribution in [0.1, 0.15) is 25.8 Å². The summed E-state index contributed by atoms with van der Waals surface area (Å²) in [7, 11) is 0. The Morgan fingerprint density at radius 1 is 1.58 bits per heavy atom. The third kappa shape index (κ3) is 3.37. The molecule has 12 heavy (non-hydrogen) atoms. The molecule has 0 bridgehead atoms. The Hall–Kier alpha value is -0.340. The summed E-state index contributed by atoms with van der Waals surface area (Å²) < 4.78 is 0. The zero-order valence-electron chi connectivity index (χ0n) is 7.84. The van der Waals surface area contributed by atoms with E-state index < -0.39 is 0 Å². The van der Waals surface area contributed by atoms with Crippen molar-refractivity contribution in [2.75, 3.05) is 6.54 Å². The molecular weight excluding hydrogens is 166 g/mol. The summed E-state index contributed by atoms with van der Waals surface area (Å²) in [6.45, 7) is 5.47. The molecule has 0 aromatic carbocycles. The zero-order valence-corrected chi connectivity index (χ0v) is 8.66. The van der Waals surface area contributed by atoms with Gasteiger partial charge >= 0.3 is 0 Å². The molecule has 1 aromatic heterocycles. The van der Waals surface area contributed by atoms with E-state index in [0.29, 0.717) is 6.04 Å². The van der Waals surface area contributed by atoms with Gasteiger partial charge in [-0.15, -0.1) is 0 Å². The number of hydrogen-bond acceptors (Lipinski definition) is 2. The maximum Gasteiger partial charge on any atom is 0.00417 e. The Bertz CT molecular complexity index is 194. The van der Waals surface area contributed by atoms with Gasteiger partial charge < -0.3 is 5.32 Å². The third-order valence-corrected chi connectivity index (χ3v) is 2.73. The summed E-state index contributed by atoms with van der Waals surface area (Å²) >= 11 is 1.78. The molecule has 1 aromatic rings. The number of hydrogen-bond donors (Lipinski definition) is 1. The molecular formula is C10H17NS. The van der Waals surface area contributed by atoms with Crippen molar-refractivity contribution in [2.24, 2.45) is 0 Å². The van der Waals surface area contributed by atoms with E-state index in [2.05, 4.69) is 36.0 Å². The fourth-order valence-corrected chi connectivity index (χ4v) is 1.97. The van der Waals surface area contributed by atoms with Gasteiger partial charge in [0.15, 0.2) is 0 Å². The van der Waals surface area contributed by atoms with Crippen LogP contribution in [0, 0.1) is 0 Å². The highest BCUT2D eigenvalue weighted by Gasteiger charge is 1.99. The van der Waals surface area contributed by atoms with E-state index in [-0.39, 0.29) is 0 Å². The minimum Gasteiger partial charge on any atom is -0.315 e. The van der Waals surface area contributed by atoms with Gasteiger partial charge in [0.2, 0.25) is 0 Å². The van der Waals surface area contributed by atoms with Crippen molar-refractivity contribution in [3.8, 4) is 0 Å². The lowest BCUT2D eigenvalue weighted by Crippen LogP contribution is -2.25. The van der Waals surface area contributed by atoms with Gasteiger partial charge in [0, 0.05) is 6.04 Å². The molecule has 1 nitrogen and oxygen atoms in total. The zero-order chi connectivity index (χ0) is 8.81. The van der Waals surface area contributed by atoms with Crippen molar-refractivity contribution in [3.63, 3.8) is 0 Å². The molecule has 1 atom stereocenters. The number of nitrogens with one attached hydrogen (secondary N) is 1. The lowest BCUT2D eigenvalue weighted by atomic mass is 10.1. The third-order valence-electron chi connectivity index (χ3n) is 2.00. The van der Waals surface area contributed by atoms with Crippen LogP contribution in [0.2, 0.25) is 0 Å². The van der Waals surface area contributed by atoms with E-state index in [4.69, 9.17) is 0 Å². The van der Waals surface area contributed by atoms with Crippen LogP contribution in [0.5, 0.6) is 0 Å². The molecule has 0 aliphatic rings. The monoisotopic (exact) mass is 183 g/mol. The van der Waals surface area contributed by atoms with Crippen molar-refractivity contribution < 1.29 is 0 Å². The van der Waals surface area contributed by atoms with Gasteiger partial charge in [-0.2, -0.15) is 11.3 Å². The Morgan fingerprint density at radius 2 is 2.42 bits per heavy atom. The molecule has 0 spiro atoms. The minimum absolute atomic E-state index is 0.648. The normalized spacial score (nSPS) is 13.2. The molecule has 0 aliphatic carbocycles. The summed E-state index contributed by atoms with van der Waals surface area (Å²) in [5, 5.41) is 7.79. The van der Waals surface area contributed by atoms with Gasteiger partial charge in [-0.3, -0.25) is 0 Å². The minimum atomic E-state index is 0.648. The highest BCUT2D eigenvalue weighted by Crippen LogP contribution is 2.09. The molecule has 1 rings (SSSR count). The Kier molecular flexibility index (Phi) is 4.33. The molecule has 0 saturated heterocycles. The maximum absolute atomic E-state index is 3.41. The molecule has 0 aliphatic heterocycles. The molecule has 0 fully saturated rings. The average molecular weight is 183 g/mol. The van der Waals surface area contributed by atoms with E-state index in [0.717, 1.165) is 6.54 Å². The number of aryl methyl sites for hydroxylation is 1. The highest BCUT2D eigenvalue weighted by atomic mass is 32.1. The van der Waals surface area contributed by atoms with Crippen LogP contribution in [0.15, 0.2) is 16.8 Å². The largest absolute Gasteiger partial charge is 0.315 e. The first-order valence-electron chi connectivity index (χ1n) is 4.57. The van der Waals surface area contributed by atoms with Crippen LogP contribution in [-0.2, 0) is 6.42 Å². The average Bonchev–Trinajstić information content (AvgIpc) is 2.53. The van der Waals surface area contributed by atoms with Crippen LogP contribution in [0.3, 0.4) is 0 Å². The second kappa shape index (κ2) is 5.33. The van der Waals surface area contributed by atoms with Crippen molar-refractivity contribution in [2.45, 2.75) is 32.7 Å². The van der Waals surface area contributed by atoms with E-state index in [9.17, 15) is 0 Å². The second-order valence-electron chi connectivity index (χ2n) is 3.13. The van der Waals surface area contributed by atoms with Crippen LogP contribution in [0.4, 0.5) is 0 Å². The molecule has 0 radical (unpaired) electrons. The Balaban J connectivity index is 2.17. The Labute approximate surface area is 78.8 Å². The molecule has 0 amide bonds. The van der Waals surface area contributed by atoms with E-state index >= 15 is 0 Å². The smallest absolute Gasteiger partial charge is 0.00417 e. The van der Waals surface area contributed by atoms with Gasteiger partial charge in [-0.25, -0.2) is 0 Å². The predicted octanol–water partition coefficient (Wildman–Crippen LogP) is 2.68. The molecule has 1 N–H and O–H groups in total. The summed E-state index contributed by atoms with van der Waals surface area (Å²) in [4.78, 5) is 0. The van der Waals surface area contributed by atoms with E-state index in [1.807, 2.05) is 0 Å². The van der Waals surface area contributed by atoms with Crippen LogP contribution >= 0.6 is 11.3 Å². The quantitative estimate of drug-likeness (QED) is 0.740. The number of rotatable bonds is 5. The van der Waals surface area contributed by atoms with Gasteiger partial charge in [0.1, 0.15) is 0 Å². The standard InChI is InChI=1S/C10H17NS/c1-3-11-9(2)4-5-10-6-7-12-8-10/h6-9,11H,3-5H2,1-2H3. The summed E-state index contributed by atoms with van der Waals surface area (Å²) in [5.74, 6) is 0. The molecule has 1 unspecified atom stereocenters. The number of thiophene rings is 1. The first-order valence-corrected chi connectivity index (χ1v) is 5.51. The lowest BCUT2D eigenvalue weighted by molar-refractivity contribution is 0.531. The topological polar surface area (TPSA) is 12.0 Å². The summed E-state index contributed by atoms with van der Waals surface area (Å²) in [6, 6.07) is 2.86. The fraction of sp³-hybridized carbons (Fsp3) is 0.600. The van der Waals surface area contributed by atoms with Crippen molar-refractivity contribution >= 4 is 11.3 Å². The lowest BCUT2D eigenvalue weighted by Gasteiger charge is -2.10. The molecule has 68 valence electrons. The van der Waals surface area contributed by atoms with Crippen LogP contribution in [-0.4, -0.2) is 12.6 Å². The van der Waals surface area contributed by atoms with Crippen LogP contribution in [0.25, 0.3) is 0 Å². The fourth-order valence-electron chi connectivity index (χ4n) is 1.27. The SMILES string of the molecule is CCNC(C)CCc1ccsc1. The predicted molar refractivity (Wildman–Crippen MR) is 55.8 cm³/mol.